The second-order valence-electron chi connectivity index (χ2n) is 1.82. The van der Waals surface area contributed by atoms with Gasteiger partial charge in [0.25, 0.3) is 0 Å². The molecule has 1 aromatic rings. The van der Waals surface area contributed by atoms with Crippen LogP contribution in [0.25, 0.3) is 0 Å². The third-order valence-electron chi connectivity index (χ3n) is 1.06. The second-order valence-corrected chi connectivity index (χ2v) is 1.82. The largest absolute Gasteiger partial charge is 0.493 e. The van der Waals surface area contributed by atoms with Gasteiger partial charge in [-0.25, -0.2) is 0 Å². The number of hydrogen-bond acceptors (Lipinski definition) is 6. The maximum absolute atomic E-state index is 10.1. The third-order valence-corrected chi connectivity index (χ3v) is 1.06. The van der Waals surface area contributed by atoms with Crippen molar-refractivity contribution in [3.63, 3.8) is 0 Å². The van der Waals surface area contributed by atoms with Crippen LogP contribution >= 0.6 is 0 Å². The molecule has 0 saturated heterocycles. The number of nitrogens with zero attached hydrogens (tertiary/aromatic N) is 5. The standard InChI is InChI=1S/C3H4N6O3/c1-8-2(5-7-10)4-3(6-8)9(11)12/h1H3,(H,4,5,6,10). The average molecular weight is 172 g/mol. The van der Waals surface area contributed by atoms with E-state index in [1.54, 1.807) is 0 Å². The number of aromatic nitrogens is 3. The minimum absolute atomic E-state index is 0.0725. The van der Waals surface area contributed by atoms with Crippen LogP contribution in [-0.4, -0.2) is 19.7 Å². The van der Waals surface area contributed by atoms with Crippen molar-refractivity contribution in [1.29, 1.82) is 0 Å². The van der Waals surface area contributed by atoms with Gasteiger partial charge >= 0.3 is 11.9 Å². The van der Waals surface area contributed by atoms with Crippen LogP contribution in [0.3, 0.4) is 0 Å². The Morgan fingerprint density at radius 3 is 2.83 bits per heavy atom. The lowest BCUT2D eigenvalue weighted by molar-refractivity contribution is -0.394. The molecule has 64 valence electrons. The Hall–Kier alpha value is -2.06. The molecule has 12 heavy (non-hydrogen) atoms. The molecule has 0 atom stereocenters. The highest BCUT2D eigenvalue weighted by molar-refractivity contribution is 5.26. The minimum Gasteiger partial charge on any atom is -0.390 e. The molecule has 0 aromatic carbocycles. The van der Waals surface area contributed by atoms with Gasteiger partial charge in [0.2, 0.25) is 0 Å². The fraction of sp³-hybridized carbons (Fsp3) is 0.333. The van der Waals surface area contributed by atoms with Gasteiger partial charge < -0.3 is 10.1 Å². The lowest BCUT2D eigenvalue weighted by Crippen LogP contribution is -1.98. The Kier molecular flexibility index (Phi) is 1.94. The molecule has 0 spiro atoms. The van der Waals surface area contributed by atoms with Crippen LogP contribution in [0.1, 0.15) is 0 Å². The molecule has 0 bridgehead atoms. The Balaban J connectivity index is 2.99. The Morgan fingerprint density at radius 2 is 2.42 bits per heavy atom. The van der Waals surface area contributed by atoms with Crippen LogP contribution < -0.4 is 5.43 Å². The molecular weight excluding hydrogens is 168 g/mol. The number of anilines is 1. The smallest absolute Gasteiger partial charge is 0.390 e. The molecule has 0 aliphatic heterocycles. The number of nitrogens with one attached hydrogen (secondary N) is 1. The zero-order chi connectivity index (χ0) is 9.14. The quantitative estimate of drug-likeness (QED) is 0.384. The molecule has 0 fully saturated rings. The summed E-state index contributed by atoms with van der Waals surface area (Å²) >= 11 is 0. The van der Waals surface area contributed by atoms with E-state index in [9.17, 15) is 15.0 Å². The number of rotatable bonds is 3. The summed E-state index contributed by atoms with van der Waals surface area (Å²) in [4.78, 5) is 22.4. The first-order valence-electron chi connectivity index (χ1n) is 2.79. The summed E-state index contributed by atoms with van der Waals surface area (Å²) < 4.78 is 1.04. The molecular formula is C3H4N6O3. The third kappa shape index (κ3) is 1.33. The molecule has 0 aliphatic carbocycles. The van der Waals surface area contributed by atoms with E-state index in [-0.39, 0.29) is 5.95 Å². The Labute approximate surface area is 65.5 Å². The Morgan fingerprint density at radius 1 is 1.75 bits per heavy atom. The molecule has 9 nitrogen and oxygen atoms in total. The number of aryl methyl sites for hydroxylation is 1. The number of hydrogen-bond donors (Lipinski definition) is 1. The van der Waals surface area contributed by atoms with Crippen molar-refractivity contribution < 1.29 is 4.92 Å². The van der Waals surface area contributed by atoms with Crippen molar-refractivity contribution >= 4 is 11.9 Å². The van der Waals surface area contributed by atoms with Gasteiger partial charge in [-0.1, -0.05) is 0 Å². The van der Waals surface area contributed by atoms with Crippen molar-refractivity contribution in [1.82, 2.24) is 14.8 Å². The maximum atomic E-state index is 10.1. The molecule has 1 heterocycles. The summed E-state index contributed by atoms with van der Waals surface area (Å²) in [5.41, 5.74) is 1.91. The molecule has 0 radical (unpaired) electrons. The van der Waals surface area contributed by atoms with Crippen LogP contribution in [0.2, 0.25) is 0 Å². The molecule has 0 aliphatic rings. The molecule has 9 heteroatoms. The lowest BCUT2D eigenvalue weighted by atomic mass is 11.0. The van der Waals surface area contributed by atoms with Crippen molar-refractivity contribution in [2.75, 3.05) is 5.43 Å². The first kappa shape index (κ1) is 8.04. The van der Waals surface area contributed by atoms with E-state index in [0.29, 0.717) is 0 Å². The van der Waals surface area contributed by atoms with Gasteiger partial charge in [0.15, 0.2) is 0 Å². The molecule has 0 unspecified atom stereocenters. The first-order chi connectivity index (χ1) is 5.65. The van der Waals surface area contributed by atoms with E-state index in [4.69, 9.17) is 0 Å². The van der Waals surface area contributed by atoms with Crippen molar-refractivity contribution in [2.24, 2.45) is 12.3 Å². The van der Waals surface area contributed by atoms with Crippen LogP contribution in [0.4, 0.5) is 11.9 Å². The van der Waals surface area contributed by atoms with Gasteiger partial charge in [0, 0.05) is 12.1 Å². The normalized spacial score (nSPS) is 9.42. The number of nitroso groups, excluding NO2 is 1. The molecule has 0 amide bonds. The summed E-state index contributed by atoms with van der Waals surface area (Å²) in [6.45, 7) is 0. The molecule has 0 saturated carbocycles. The highest BCUT2D eigenvalue weighted by Crippen LogP contribution is 2.08. The van der Waals surface area contributed by atoms with E-state index >= 15 is 0 Å². The molecule has 1 rings (SSSR count). The second kappa shape index (κ2) is 2.90. The predicted molar refractivity (Wildman–Crippen MR) is 37.1 cm³/mol. The van der Waals surface area contributed by atoms with Crippen molar-refractivity contribution in [3.8, 4) is 0 Å². The highest BCUT2D eigenvalue weighted by atomic mass is 16.6. The fourth-order valence-electron chi connectivity index (χ4n) is 0.586. The highest BCUT2D eigenvalue weighted by Gasteiger charge is 2.18. The van der Waals surface area contributed by atoms with Crippen LogP contribution in [0, 0.1) is 15.0 Å². The topological polar surface area (TPSA) is 115 Å². The van der Waals surface area contributed by atoms with Crippen LogP contribution in [-0.2, 0) is 7.05 Å². The van der Waals surface area contributed by atoms with Gasteiger partial charge in [-0.2, -0.15) is 10.1 Å². The van der Waals surface area contributed by atoms with Gasteiger partial charge in [-0.15, -0.1) is 4.91 Å². The van der Waals surface area contributed by atoms with E-state index in [0.717, 1.165) is 4.68 Å². The first-order valence-corrected chi connectivity index (χ1v) is 2.79. The van der Waals surface area contributed by atoms with Crippen molar-refractivity contribution in [3.05, 3.63) is 15.0 Å². The summed E-state index contributed by atoms with van der Waals surface area (Å²) in [7, 11) is 1.40. The summed E-state index contributed by atoms with van der Waals surface area (Å²) in [5, 5.41) is 15.8. The summed E-state index contributed by atoms with van der Waals surface area (Å²) in [6.07, 6.45) is 0. The van der Waals surface area contributed by atoms with Gasteiger partial charge in [0.1, 0.15) is 0 Å². The average Bonchev–Trinajstić information content (AvgIpc) is 2.34. The Bertz CT molecular complexity index is 318. The van der Waals surface area contributed by atoms with Gasteiger partial charge in [-0.3, -0.25) is 0 Å². The lowest BCUT2D eigenvalue weighted by Gasteiger charge is -1.84. The number of nitro groups is 1. The fourth-order valence-corrected chi connectivity index (χ4v) is 0.586. The van der Waals surface area contributed by atoms with E-state index in [1.165, 1.54) is 7.05 Å². The van der Waals surface area contributed by atoms with Gasteiger partial charge in [-0.05, 0) is 9.91 Å². The zero-order valence-corrected chi connectivity index (χ0v) is 5.96. The molecule has 1 aromatic heterocycles. The zero-order valence-electron chi connectivity index (χ0n) is 5.96. The van der Waals surface area contributed by atoms with Crippen LogP contribution in [0.15, 0.2) is 5.29 Å². The SMILES string of the molecule is Cn1nc([N+](=O)[O-])nc1NN=O. The monoisotopic (exact) mass is 172 g/mol. The predicted octanol–water partition coefficient (Wildman–Crippen LogP) is -0.183. The van der Waals surface area contributed by atoms with Crippen LogP contribution in [0.5, 0.6) is 0 Å². The maximum Gasteiger partial charge on any atom is 0.493 e. The minimum atomic E-state index is -0.768. The summed E-state index contributed by atoms with van der Waals surface area (Å²) in [5.74, 6) is -0.652. The van der Waals surface area contributed by atoms with Gasteiger partial charge in [0.05, 0.1) is 5.29 Å². The van der Waals surface area contributed by atoms with E-state index < -0.39 is 10.9 Å². The van der Waals surface area contributed by atoms with E-state index in [1.807, 2.05) is 5.43 Å². The summed E-state index contributed by atoms with van der Waals surface area (Å²) in [6, 6.07) is 0. The van der Waals surface area contributed by atoms with Crippen molar-refractivity contribution in [2.45, 2.75) is 0 Å². The molecule has 1 N–H and O–H groups in total. The van der Waals surface area contributed by atoms with E-state index in [2.05, 4.69) is 15.4 Å².